The largest absolute Gasteiger partial charge is 0.384 e. The number of nitrogens with zero attached hydrogens (tertiary/aromatic N) is 3. The molecule has 1 aromatic heterocycles. The number of anilines is 1. The van der Waals surface area contributed by atoms with Crippen molar-refractivity contribution in [3.05, 3.63) is 59.4 Å². The van der Waals surface area contributed by atoms with Crippen LogP contribution < -0.4 is 5.32 Å². The lowest BCUT2D eigenvalue weighted by atomic mass is 10.1. The molecule has 1 atom stereocenters. The molecule has 3 heterocycles. The summed E-state index contributed by atoms with van der Waals surface area (Å²) in [5.41, 5.74) is 6.70. The van der Waals surface area contributed by atoms with Crippen LogP contribution in [0.4, 0.5) is 5.69 Å². The van der Waals surface area contributed by atoms with Gasteiger partial charge in [0.05, 0.1) is 11.0 Å². The van der Waals surface area contributed by atoms with Crippen LogP contribution in [0.15, 0.2) is 42.5 Å². The van der Waals surface area contributed by atoms with E-state index in [1.807, 2.05) is 0 Å². The maximum Gasteiger partial charge on any atom is 0.106 e. The van der Waals surface area contributed by atoms with E-state index in [-0.39, 0.29) is 0 Å². The van der Waals surface area contributed by atoms with Crippen LogP contribution in [0, 0.1) is 6.92 Å². The molecule has 26 heavy (non-hydrogen) atoms. The predicted octanol–water partition coefficient (Wildman–Crippen LogP) is 3.98. The predicted molar refractivity (Wildman–Crippen MR) is 107 cm³/mol. The fourth-order valence-electron chi connectivity index (χ4n) is 4.71. The highest BCUT2D eigenvalue weighted by Gasteiger charge is 2.27. The van der Waals surface area contributed by atoms with Crippen molar-refractivity contribution >= 4 is 16.7 Å². The van der Waals surface area contributed by atoms with Crippen molar-refractivity contribution in [2.45, 2.75) is 45.3 Å². The van der Waals surface area contributed by atoms with Gasteiger partial charge in [0, 0.05) is 31.4 Å². The van der Waals surface area contributed by atoms with Crippen molar-refractivity contribution in [3.63, 3.8) is 0 Å². The van der Waals surface area contributed by atoms with Gasteiger partial charge in [-0.15, -0.1) is 0 Å². The normalized spacial score (nSPS) is 19.8. The second-order valence-electron chi connectivity index (χ2n) is 7.65. The monoisotopic (exact) mass is 346 g/mol. The highest BCUT2D eigenvalue weighted by molar-refractivity contribution is 5.75. The number of para-hydroxylation sites is 3. The van der Waals surface area contributed by atoms with E-state index in [4.69, 9.17) is 4.98 Å². The zero-order valence-electron chi connectivity index (χ0n) is 15.4. The summed E-state index contributed by atoms with van der Waals surface area (Å²) in [5, 5.41) is 3.59. The van der Waals surface area contributed by atoms with Gasteiger partial charge >= 0.3 is 0 Å². The number of aryl methyl sites for hydroxylation is 1. The molecule has 134 valence electrons. The van der Waals surface area contributed by atoms with Gasteiger partial charge in [-0.2, -0.15) is 0 Å². The van der Waals surface area contributed by atoms with Crippen LogP contribution in [-0.4, -0.2) is 33.6 Å². The van der Waals surface area contributed by atoms with E-state index in [2.05, 4.69) is 64.2 Å². The van der Waals surface area contributed by atoms with Crippen LogP contribution in [0.1, 0.15) is 29.8 Å². The first-order valence-corrected chi connectivity index (χ1v) is 9.80. The number of likely N-dealkylation sites (tertiary alicyclic amines) is 1. The zero-order chi connectivity index (χ0) is 17.5. The van der Waals surface area contributed by atoms with Crippen LogP contribution in [0.3, 0.4) is 0 Å². The van der Waals surface area contributed by atoms with E-state index in [1.165, 1.54) is 41.7 Å². The maximum atomic E-state index is 4.75. The lowest BCUT2D eigenvalue weighted by Crippen LogP contribution is -2.33. The lowest BCUT2D eigenvalue weighted by molar-refractivity contribution is 0.225. The first kappa shape index (κ1) is 15.9. The molecule has 0 saturated carbocycles. The van der Waals surface area contributed by atoms with Crippen molar-refractivity contribution in [1.29, 1.82) is 0 Å². The van der Waals surface area contributed by atoms with Gasteiger partial charge in [-0.1, -0.05) is 30.3 Å². The second kappa shape index (κ2) is 6.44. The molecule has 1 fully saturated rings. The summed E-state index contributed by atoms with van der Waals surface area (Å²) in [7, 11) is 0. The molecule has 0 radical (unpaired) electrons. The van der Waals surface area contributed by atoms with E-state index in [0.717, 1.165) is 37.4 Å². The fourth-order valence-corrected chi connectivity index (χ4v) is 4.71. The van der Waals surface area contributed by atoms with Gasteiger partial charge in [0.2, 0.25) is 0 Å². The second-order valence-corrected chi connectivity index (χ2v) is 7.65. The molecule has 1 N–H and O–H groups in total. The number of hydrogen-bond donors (Lipinski definition) is 1. The number of hydrogen-bond acceptors (Lipinski definition) is 3. The molecule has 1 saturated heterocycles. The van der Waals surface area contributed by atoms with E-state index >= 15 is 0 Å². The van der Waals surface area contributed by atoms with Gasteiger partial charge in [-0.3, -0.25) is 4.90 Å². The number of nitrogens with one attached hydrogen (secondary N) is 1. The average molecular weight is 346 g/mol. The quantitative estimate of drug-likeness (QED) is 0.776. The molecule has 5 rings (SSSR count). The van der Waals surface area contributed by atoms with Gasteiger partial charge in [0.25, 0.3) is 0 Å². The molecule has 2 aliphatic heterocycles. The molecule has 0 bridgehead atoms. The van der Waals surface area contributed by atoms with Crippen LogP contribution in [0.2, 0.25) is 0 Å². The topological polar surface area (TPSA) is 33.1 Å². The summed E-state index contributed by atoms with van der Waals surface area (Å²) in [4.78, 5) is 7.42. The SMILES string of the molecule is Cc1nc2ccccc2n1CC1CCCN1Cc1cccc2c1NCC2. The number of rotatable bonds is 4. The van der Waals surface area contributed by atoms with Crippen molar-refractivity contribution < 1.29 is 0 Å². The Bertz CT molecular complexity index is 942. The van der Waals surface area contributed by atoms with Gasteiger partial charge in [0.15, 0.2) is 0 Å². The number of benzene rings is 2. The summed E-state index contributed by atoms with van der Waals surface area (Å²) < 4.78 is 2.41. The number of aromatic nitrogens is 2. The standard InChI is InChI=1S/C22H26N4/c1-16-24-20-9-2-3-10-21(20)26(16)15-19-8-5-13-25(19)14-18-7-4-6-17-11-12-23-22(17)18/h2-4,6-7,9-10,19,23H,5,8,11-15H2,1H3. The summed E-state index contributed by atoms with van der Waals surface area (Å²) in [6.45, 7) is 6.49. The molecule has 3 aromatic rings. The molecular formula is C22H26N4. The Hall–Kier alpha value is -2.33. The Morgan fingerprint density at radius 3 is 3.04 bits per heavy atom. The molecule has 4 heteroatoms. The molecular weight excluding hydrogens is 320 g/mol. The third-order valence-electron chi connectivity index (χ3n) is 6.04. The molecule has 0 aliphatic carbocycles. The van der Waals surface area contributed by atoms with Gasteiger partial charge in [0.1, 0.15) is 5.82 Å². The summed E-state index contributed by atoms with van der Waals surface area (Å²) >= 11 is 0. The lowest BCUT2D eigenvalue weighted by Gasteiger charge is -2.26. The highest BCUT2D eigenvalue weighted by Crippen LogP contribution is 2.30. The van der Waals surface area contributed by atoms with E-state index in [9.17, 15) is 0 Å². The summed E-state index contributed by atoms with van der Waals surface area (Å²) in [6.07, 6.45) is 3.72. The van der Waals surface area contributed by atoms with Gasteiger partial charge in [-0.25, -0.2) is 4.98 Å². The highest BCUT2D eigenvalue weighted by atomic mass is 15.2. The van der Waals surface area contributed by atoms with Crippen molar-refractivity contribution in [2.24, 2.45) is 0 Å². The molecule has 2 aromatic carbocycles. The van der Waals surface area contributed by atoms with E-state index in [0.29, 0.717) is 6.04 Å². The minimum atomic E-state index is 0.587. The number of fused-ring (bicyclic) bond motifs is 2. The van der Waals surface area contributed by atoms with Crippen molar-refractivity contribution in [3.8, 4) is 0 Å². The Balaban J connectivity index is 1.39. The third-order valence-corrected chi connectivity index (χ3v) is 6.04. The van der Waals surface area contributed by atoms with Crippen LogP contribution in [0.25, 0.3) is 11.0 Å². The van der Waals surface area contributed by atoms with Crippen molar-refractivity contribution in [2.75, 3.05) is 18.4 Å². The van der Waals surface area contributed by atoms with Crippen LogP contribution in [-0.2, 0) is 19.5 Å². The smallest absolute Gasteiger partial charge is 0.106 e. The first-order valence-electron chi connectivity index (χ1n) is 9.80. The Morgan fingerprint density at radius 2 is 2.08 bits per heavy atom. The van der Waals surface area contributed by atoms with Crippen LogP contribution >= 0.6 is 0 Å². The fraction of sp³-hybridized carbons (Fsp3) is 0.409. The third kappa shape index (κ3) is 2.69. The van der Waals surface area contributed by atoms with Crippen LogP contribution in [0.5, 0.6) is 0 Å². The molecule has 0 spiro atoms. The summed E-state index contributed by atoms with van der Waals surface area (Å²) in [5.74, 6) is 1.13. The first-order chi connectivity index (χ1) is 12.8. The van der Waals surface area contributed by atoms with Gasteiger partial charge in [-0.05, 0) is 56.0 Å². The Morgan fingerprint density at radius 1 is 1.15 bits per heavy atom. The Kier molecular flexibility index (Phi) is 3.93. The molecule has 4 nitrogen and oxygen atoms in total. The average Bonchev–Trinajstić information content (AvgIpc) is 3.36. The minimum absolute atomic E-state index is 0.587. The Labute approximate surface area is 154 Å². The molecule has 2 aliphatic rings. The van der Waals surface area contributed by atoms with E-state index in [1.54, 1.807) is 0 Å². The minimum Gasteiger partial charge on any atom is -0.384 e. The van der Waals surface area contributed by atoms with Crippen molar-refractivity contribution in [1.82, 2.24) is 14.5 Å². The number of imidazole rings is 1. The maximum absolute atomic E-state index is 4.75. The summed E-state index contributed by atoms with van der Waals surface area (Å²) in [6, 6.07) is 15.9. The van der Waals surface area contributed by atoms with Gasteiger partial charge < -0.3 is 9.88 Å². The zero-order valence-corrected chi connectivity index (χ0v) is 15.4. The molecule has 0 amide bonds. The van der Waals surface area contributed by atoms with E-state index < -0.39 is 0 Å². The molecule has 1 unspecified atom stereocenters.